The predicted octanol–water partition coefficient (Wildman–Crippen LogP) is 0.467. The number of esters is 1. The van der Waals surface area contributed by atoms with Crippen LogP contribution in [0.15, 0.2) is 0 Å². The smallest absolute Gasteiger partial charge is 0.358 e. The van der Waals surface area contributed by atoms with Crippen LogP contribution in [0.4, 0.5) is 0 Å². The lowest BCUT2D eigenvalue weighted by Crippen LogP contribution is -2.28. The number of H-pyrrole nitrogens is 1. The third-order valence-corrected chi connectivity index (χ3v) is 3.45. The molecule has 7 heteroatoms. The average molecular weight is 281 g/mol. The lowest BCUT2D eigenvalue weighted by atomic mass is 10.1. The van der Waals surface area contributed by atoms with Crippen molar-refractivity contribution in [2.75, 3.05) is 33.9 Å². The summed E-state index contributed by atoms with van der Waals surface area (Å²) >= 11 is 0. The van der Waals surface area contributed by atoms with Gasteiger partial charge in [0.15, 0.2) is 5.69 Å². The number of carbonyl (C=O) groups excluding carboxylic acids is 2. The van der Waals surface area contributed by atoms with Crippen molar-refractivity contribution in [1.29, 1.82) is 0 Å². The molecule has 1 unspecified atom stereocenters. The van der Waals surface area contributed by atoms with Crippen LogP contribution in [0.5, 0.6) is 0 Å². The topological polar surface area (TPSA) is 84.5 Å². The number of hydrogen-bond donors (Lipinski definition) is 1. The molecule has 0 radical (unpaired) electrons. The molecule has 110 valence electrons. The maximum absolute atomic E-state index is 11.9. The second kappa shape index (κ2) is 6.04. The SMILES string of the molecule is COCCN1CC(c2nc(C(=O)OC)c(C)[nH]2)CC1=O. The molecule has 20 heavy (non-hydrogen) atoms. The third kappa shape index (κ3) is 2.82. The number of aromatic nitrogens is 2. The van der Waals surface area contributed by atoms with Crippen LogP contribution in [0.2, 0.25) is 0 Å². The number of ether oxygens (including phenoxy) is 2. The van der Waals surface area contributed by atoms with Crippen LogP contribution in [0.3, 0.4) is 0 Å². The highest BCUT2D eigenvalue weighted by molar-refractivity contribution is 5.88. The standard InChI is InChI=1S/C13H19N3O4/c1-8-11(13(18)20-3)15-12(14-8)9-6-10(17)16(7-9)4-5-19-2/h9H,4-7H2,1-3H3,(H,14,15). The Labute approximate surface area is 117 Å². The second-order valence-electron chi connectivity index (χ2n) is 4.82. The van der Waals surface area contributed by atoms with E-state index in [0.29, 0.717) is 37.6 Å². The Bertz CT molecular complexity index is 512. The van der Waals surface area contributed by atoms with Crippen LogP contribution in [0, 0.1) is 6.92 Å². The Morgan fingerprint density at radius 3 is 2.90 bits per heavy atom. The zero-order valence-electron chi connectivity index (χ0n) is 11.9. The minimum absolute atomic E-state index is 0.0172. The molecule has 0 aromatic carbocycles. The molecule has 1 aromatic heterocycles. The summed E-state index contributed by atoms with van der Waals surface area (Å²) in [5.41, 5.74) is 0.944. The second-order valence-corrected chi connectivity index (χ2v) is 4.82. The van der Waals surface area contributed by atoms with Gasteiger partial charge in [-0.2, -0.15) is 0 Å². The van der Waals surface area contributed by atoms with Gasteiger partial charge in [-0.1, -0.05) is 0 Å². The van der Waals surface area contributed by atoms with E-state index in [1.54, 1.807) is 18.9 Å². The van der Waals surface area contributed by atoms with Crippen LogP contribution in [-0.2, 0) is 14.3 Å². The third-order valence-electron chi connectivity index (χ3n) is 3.45. The Morgan fingerprint density at radius 2 is 2.25 bits per heavy atom. The van der Waals surface area contributed by atoms with Gasteiger partial charge in [0, 0.05) is 38.2 Å². The first-order chi connectivity index (χ1) is 9.56. The minimum atomic E-state index is -0.467. The molecule has 1 aliphatic heterocycles. The lowest BCUT2D eigenvalue weighted by molar-refractivity contribution is -0.128. The Hall–Kier alpha value is -1.89. The first kappa shape index (κ1) is 14.5. The number of carbonyl (C=O) groups is 2. The summed E-state index contributed by atoms with van der Waals surface area (Å²) in [6.45, 7) is 3.45. The Balaban J connectivity index is 2.10. The van der Waals surface area contributed by atoms with E-state index in [1.165, 1.54) is 7.11 Å². The van der Waals surface area contributed by atoms with Crippen LogP contribution in [0.25, 0.3) is 0 Å². The number of rotatable bonds is 5. The molecule has 7 nitrogen and oxygen atoms in total. The Morgan fingerprint density at radius 1 is 1.50 bits per heavy atom. The van der Waals surface area contributed by atoms with Crippen molar-refractivity contribution in [2.45, 2.75) is 19.3 Å². The van der Waals surface area contributed by atoms with Gasteiger partial charge < -0.3 is 19.4 Å². The number of nitrogens with one attached hydrogen (secondary N) is 1. The molecular weight excluding hydrogens is 262 g/mol. The quantitative estimate of drug-likeness (QED) is 0.793. The van der Waals surface area contributed by atoms with Gasteiger partial charge in [0.25, 0.3) is 0 Å². The summed E-state index contributed by atoms with van der Waals surface area (Å²) in [6, 6.07) is 0. The molecule has 1 aromatic rings. The zero-order chi connectivity index (χ0) is 14.7. The molecule has 1 amide bonds. The van der Waals surface area contributed by atoms with Crippen molar-refractivity contribution in [3.8, 4) is 0 Å². The van der Waals surface area contributed by atoms with Gasteiger partial charge in [0.05, 0.1) is 13.7 Å². The number of hydrogen-bond acceptors (Lipinski definition) is 5. The number of methoxy groups -OCH3 is 2. The van der Waals surface area contributed by atoms with E-state index in [0.717, 1.165) is 0 Å². The lowest BCUT2D eigenvalue weighted by Gasteiger charge is -2.15. The molecule has 0 spiro atoms. The van der Waals surface area contributed by atoms with E-state index in [-0.39, 0.29) is 17.5 Å². The number of imidazole rings is 1. The number of amides is 1. The van der Waals surface area contributed by atoms with Gasteiger partial charge >= 0.3 is 5.97 Å². The summed E-state index contributed by atoms with van der Waals surface area (Å²) in [5, 5.41) is 0. The monoisotopic (exact) mass is 281 g/mol. The van der Waals surface area contributed by atoms with E-state index in [9.17, 15) is 9.59 Å². The first-order valence-electron chi connectivity index (χ1n) is 6.48. The maximum atomic E-state index is 11.9. The summed E-state index contributed by atoms with van der Waals surface area (Å²) < 4.78 is 9.66. The van der Waals surface area contributed by atoms with Crippen molar-refractivity contribution in [3.05, 3.63) is 17.2 Å². The molecule has 1 saturated heterocycles. The number of aromatic amines is 1. The fourth-order valence-corrected chi connectivity index (χ4v) is 2.35. The molecular formula is C13H19N3O4. The van der Waals surface area contributed by atoms with Crippen LogP contribution in [0.1, 0.15) is 34.3 Å². The highest BCUT2D eigenvalue weighted by Crippen LogP contribution is 2.26. The first-order valence-corrected chi connectivity index (χ1v) is 6.48. The Kier molecular flexibility index (Phi) is 4.39. The van der Waals surface area contributed by atoms with Gasteiger partial charge in [-0.3, -0.25) is 4.79 Å². The van der Waals surface area contributed by atoms with Gasteiger partial charge in [-0.05, 0) is 6.92 Å². The summed E-state index contributed by atoms with van der Waals surface area (Å²) in [5.74, 6) is 0.263. The van der Waals surface area contributed by atoms with Crippen LogP contribution < -0.4 is 0 Å². The van der Waals surface area contributed by atoms with E-state index in [1.807, 2.05) is 0 Å². The molecule has 1 aliphatic rings. The molecule has 0 saturated carbocycles. The highest BCUT2D eigenvalue weighted by atomic mass is 16.5. The van der Waals surface area contributed by atoms with Crippen molar-refractivity contribution in [3.63, 3.8) is 0 Å². The maximum Gasteiger partial charge on any atom is 0.358 e. The molecule has 0 aliphatic carbocycles. The van der Waals surface area contributed by atoms with Crippen molar-refractivity contribution in [1.82, 2.24) is 14.9 Å². The molecule has 1 fully saturated rings. The molecule has 1 N–H and O–H groups in total. The number of aryl methyl sites for hydroxylation is 1. The van der Waals surface area contributed by atoms with E-state index >= 15 is 0 Å². The molecule has 0 bridgehead atoms. The van der Waals surface area contributed by atoms with Gasteiger partial charge in [0.1, 0.15) is 5.82 Å². The normalized spacial score (nSPS) is 18.6. The summed E-state index contributed by atoms with van der Waals surface area (Å²) in [7, 11) is 2.93. The zero-order valence-corrected chi connectivity index (χ0v) is 11.9. The fraction of sp³-hybridized carbons (Fsp3) is 0.615. The van der Waals surface area contributed by atoms with E-state index < -0.39 is 5.97 Å². The van der Waals surface area contributed by atoms with E-state index in [2.05, 4.69) is 14.7 Å². The van der Waals surface area contributed by atoms with Gasteiger partial charge in [-0.15, -0.1) is 0 Å². The van der Waals surface area contributed by atoms with Crippen LogP contribution >= 0.6 is 0 Å². The van der Waals surface area contributed by atoms with Crippen molar-refractivity contribution in [2.24, 2.45) is 0 Å². The van der Waals surface area contributed by atoms with Crippen molar-refractivity contribution >= 4 is 11.9 Å². The minimum Gasteiger partial charge on any atom is -0.464 e. The number of likely N-dealkylation sites (tertiary alicyclic amines) is 1. The van der Waals surface area contributed by atoms with Gasteiger partial charge in [-0.25, -0.2) is 9.78 Å². The van der Waals surface area contributed by atoms with Gasteiger partial charge in [0.2, 0.25) is 5.91 Å². The fourth-order valence-electron chi connectivity index (χ4n) is 2.35. The average Bonchev–Trinajstić information content (AvgIpc) is 2.99. The van der Waals surface area contributed by atoms with E-state index in [4.69, 9.17) is 4.74 Å². The molecule has 2 heterocycles. The highest BCUT2D eigenvalue weighted by Gasteiger charge is 2.33. The summed E-state index contributed by atoms with van der Waals surface area (Å²) in [4.78, 5) is 32.5. The van der Waals surface area contributed by atoms with Crippen LogP contribution in [-0.4, -0.2) is 60.7 Å². The molecule has 1 atom stereocenters. The number of nitrogens with zero attached hydrogens (tertiary/aromatic N) is 2. The predicted molar refractivity (Wildman–Crippen MR) is 70.5 cm³/mol. The van der Waals surface area contributed by atoms with Crippen molar-refractivity contribution < 1.29 is 19.1 Å². The summed E-state index contributed by atoms with van der Waals surface area (Å²) in [6.07, 6.45) is 0.400. The molecule has 2 rings (SSSR count). The largest absolute Gasteiger partial charge is 0.464 e.